The highest BCUT2D eigenvalue weighted by molar-refractivity contribution is 4.93. The quantitative estimate of drug-likeness (QED) is 0.224. The minimum Gasteiger partial charge on any atom is -0.379 e. The van der Waals surface area contributed by atoms with Crippen molar-refractivity contribution in [1.82, 2.24) is 0 Å². The Bertz CT molecular complexity index is 642. The van der Waals surface area contributed by atoms with Crippen molar-refractivity contribution in [2.24, 2.45) is 41.4 Å². The summed E-state index contributed by atoms with van der Waals surface area (Å²) in [5, 5.41) is 0. The van der Waals surface area contributed by atoms with Gasteiger partial charge in [-0.05, 0) is 125 Å². The van der Waals surface area contributed by atoms with Crippen molar-refractivity contribution in [2.45, 2.75) is 167 Å². The Kier molecular flexibility index (Phi) is 12.7. The summed E-state index contributed by atoms with van der Waals surface area (Å²) in [4.78, 5) is 0. The van der Waals surface area contributed by atoms with E-state index in [1.54, 1.807) is 0 Å². The molecule has 7 atom stereocenters. The van der Waals surface area contributed by atoms with Gasteiger partial charge in [0.1, 0.15) is 18.5 Å². The molecule has 7 unspecified atom stereocenters. The molecule has 0 N–H and O–H groups in total. The molecule has 4 aliphatic carbocycles. The fraction of sp³-hybridized carbons (Fsp3) is 1.00. The van der Waals surface area contributed by atoms with E-state index in [9.17, 15) is 0 Å². The number of unbranched alkanes of at least 4 members (excludes halogenated alkanes) is 3. The lowest BCUT2D eigenvalue weighted by Crippen LogP contribution is -2.42. The van der Waals surface area contributed by atoms with Crippen molar-refractivity contribution in [3.05, 3.63) is 0 Å². The van der Waals surface area contributed by atoms with E-state index in [0.717, 1.165) is 83.7 Å². The van der Waals surface area contributed by atoms with Crippen LogP contribution in [-0.2, 0) is 4.74 Å². The summed E-state index contributed by atoms with van der Waals surface area (Å²) in [5.74, 6) is 2.25. The van der Waals surface area contributed by atoms with Crippen LogP contribution in [0.25, 0.3) is 0 Å². The van der Waals surface area contributed by atoms with E-state index in [1.165, 1.54) is 51.4 Å². The lowest BCUT2D eigenvalue weighted by molar-refractivity contribution is -0.0329. The van der Waals surface area contributed by atoms with Crippen LogP contribution in [0.15, 0.2) is 0 Å². The van der Waals surface area contributed by atoms with E-state index in [-0.39, 0.29) is 17.8 Å². The van der Waals surface area contributed by atoms with E-state index in [2.05, 4.69) is 6.92 Å². The summed E-state index contributed by atoms with van der Waals surface area (Å²) in [7, 11) is 0. The molecule has 4 rings (SSSR count). The van der Waals surface area contributed by atoms with Crippen LogP contribution in [0.3, 0.4) is 0 Å². The molecule has 0 amide bonds. The number of alkyl halides is 3. The Labute approximate surface area is 232 Å². The maximum absolute atomic E-state index is 15.3. The summed E-state index contributed by atoms with van der Waals surface area (Å²) in [6.07, 6.45) is 19.0. The first-order valence-corrected chi connectivity index (χ1v) is 17.0. The van der Waals surface area contributed by atoms with Crippen molar-refractivity contribution in [3.63, 3.8) is 0 Å². The second kappa shape index (κ2) is 15.7. The van der Waals surface area contributed by atoms with Crippen LogP contribution in [0.2, 0.25) is 0 Å². The second-order valence-corrected chi connectivity index (χ2v) is 13.9. The van der Waals surface area contributed by atoms with Crippen molar-refractivity contribution in [2.75, 3.05) is 6.61 Å². The topological polar surface area (TPSA) is 9.23 Å². The Balaban J connectivity index is 1.12. The smallest absolute Gasteiger partial charge is 0.134 e. The minimum absolute atomic E-state index is 0.0839. The molecule has 222 valence electrons. The van der Waals surface area contributed by atoms with Crippen molar-refractivity contribution >= 4 is 0 Å². The molecule has 0 spiro atoms. The van der Waals surface area contributed by atoms with E-state index in [1.807, 2.05) is 6.92 Å². The van der Waals surface area contributed by atoms with Gasteiger partial charge in [-0.15, -0.1) is 0 Å². The monoisotopic (exact) mass is 540 g/mol. The highest BCUT2D eigenvalue weighted by Gasteiger charge is 2.44. The van der Waals surface area contributed by atoms with Gasteiger partial charge < -0.3 is 4.74 Å². The van der Waals surface area contributed by atoms with Gasteiger partial charge in [0.25, 0.3) is 0 Å². The molecular weight excluding hydrogens is 481 g/mol. The van der Waals surface area contributed by atoms with Crippen molar-refractivity contribution < 1.29 is 17.9 Å². The summed E-state index contributed by atoms with van der Waals surface area (Å²) in [6.45, 7) is 5.03. The molecule has 38 heavy (non-hydrogen) atoms. The standard InChI is InChI=1S/C34H59F3O/c1-3-5-6-7-8-25-12-21-30(32(35)23-25)26-13-9-24(10-14-26)11-15-28-18-22-31(34(37)33(28)36)27-16-19-29(20-17-27)38-4-2/h24-34H,3-23H2,1-2H3. The van der Waals surface area contributed by atoms with Crippen LogP contribution in [0.4, 0.5) is 13.2 Å². The third-order valence-electron chi connectivity index (χ3n) is 11.6. The number of rotatable bonds is 12. The van der Waals surface area contributed by atoms with Crippen LogP contribution < -0.4 is 0 Å². The van der Waals surface area contributed by atoms with Crippen molar-refractivity contribution in [3.8, 4) is 0 Å². The Morgan fingerprint density at radius 2 is 1.24 bits per heavy atom. The molecule has 4 heteroatoms. The van der Waals surface area contributed by atoms with Gasteiger partial charge in [-0.2, -0.15) is 0 Å². The molecule has 0 bridgehead atoms. The number of halogens is 3. The molecule has 0 aliphatic heterocycles. The van der Waals surface area contributed by atoms with E-state index < -0.39 is 18.5 Å². The molecule has 0 saturated heterocycles. The predicted octanol–water partition coefficient (Wildman–Crippen LogP) is 10.6. The van der Waals surface area contributed by atoms with Crippen LogP contribution >= 0.6 is 0 Å². The van der Waals surface area contributed by atoms with Gasteiger partial charge in [0, 0.05) is 6.61 Å². The lowest BCUT2D eigenvalue weighted by Gasteiger charge is -2.42. The molecule has 0 aromatic rings. The average Bonchev–Trinajstić information content (AvgIpc) is 2.93. The SMILES string of the molecule is CCCCCCC1CCC(C2CCC(CCC3CCC(C4CCC(OCC)CC4)C(F)C3F)CC2)C(F)C1. The largest absolute Gasteiger partial charge is 0.379 e. The van der Waals surface area contributed by atoms with E-state index >= 15 is 13.2 Å². The number of hydrogen-bond acceptors (Lipinski definition) is 1. The summed E-state index contributed by atoms with van der Waals surface area (Å²) in [5.41, 5.74) is 0. The maximum Gasteiger partial charge on any atom is 0.134 e. The zero-order valence-corrected chi connectivity index (χ0v) is 24.7. The first-order chi connectivity index (χ1) is 18.5. The van der Waals surface area contributed by atoms with Gasteiger partial charge in [-0.3, -0.25) is 0 Å². The van der Waals surface area contributed by atoms with Crippen LogP contribution in [-0.4, -0.2) is 31.2 Å². The molecule has 0 heterocycles. The van der Waals surface area contributed by atoms with Gasteiger partial charge in [0.05, 0.1) is 6.10 Å². The van der Waals surface area contributed by atoms with E-state index in [4.69, 9.17) is 4.74 Å². The van der Waals surface area contributed by atoms with Gasteiger partial charge in [0.15, 0.2) is 0 Å². The molecule has 4 aliphatic rings. The first kappa shape index (κ1) is 30.7. The summed E-state index contributed by atoms with van der Waals surface area (Å²) in [6, 6.07) is 0. The number of hydrogen-bond donors (Lipinski definition) is 0. The van der Waals surface area contributed by atoms with Crippen LogP contribution in [0, 0.1) is 41.4 Å². The normalized spacial score (nSPS) is 42.7. The second-order valence-electron chi connectivity index (χ2n) is 13.9. The fourth-order valence-electron chi connectivity index (χ4n) is 9.17. The highest BCUT2D eigenvalue weighted by atomic mass is 19.2. The van der Waals surface area contributed by atoms with Crippen molar-refractivity contribution in [1.29, 1.82) is 0 Å². The van der Waals surface area contributed by atoms with Gasteiger partial charge in [-0.1, -0.05) is 58.3 Å². The minimum atomic E-state index is -1.28. The zero-order chi connectivity index (χ0) is 26.9. The molecule has 0 aromatic heterocycles. The van der Waals surface area contributed by atoms with Gasteiger partial charge >= 0.3 is 0 Å². The molecule has 0 aromatic carbocycles. The number of ether oxygens (including phenoxy) is 1. The van der Waals surface area contributed by atoms with Gasteiger partial charge in [-0.25, -0.2) is 13.2 Å². The fourth-order valence-corrected chi connectivity index (χ4v) is 9.17. The molecular formula is C34H59F3O. The lowest BCUT2D eigenvalue weighted by atomic mass is 9.66. The van der Waals surface area contributed by atoms with Crippen LogP contribution in [0.1, 0.15) is 142 Å². The summed E-state index contributed by atoms with van der Waals surface area (Å²) < 4.78 is 51.4. The maximum atomic E-state index is 15.3. The third-order valence-corrected chi connectivity index (χ3v) is 11.6. The zero-order valence-electron chi connectivity index (χ0n) is 24.7. The molecule has 4 fully saturated rings. The predicted molar refractivity (Wildman–Crippen MR) is 153 cm³/mol. The summed E-state index contributed by atoms with van der Waals surface area (Å²) >= 11 is 0. The molecule has 4 saturated carbocycles. The Hall–Kier alpha value is -0.250. The third kappa shape index (κ3) is 8.39. The highest BCUT2D eigenvalue weighted by Crippen LogP contribution is 2.47. The Morgan fingerprint density at radius 1 is 0.579 bits per heavy atom. The Morgan fingerprint density at radius 3 is 1.92 bits per heavy atom. The van der Waals surface area contributed by atoms with Crippen LogP contribution in [0.5, 0.6) is 0 Å². The van der Waals surface area contributed by atoms with E-state index in [0.29, 0.717) is 29.8 Å². The molecule has 1 nitrogen and oxygen atoms in total. The first-order valence-electron chi connectivity index (χ1n) is 17.0. The average molecular weight is 541 g/mol. The van der Waals surface area contributed by atoms with Gasteiger partial charge in [0.2, 0.25) is 0 Å². The molecule has 0 radical (unpaired) electrons.